The Morgan fingerprint density at radius 2 is 1.86 bits per heavy atom. The Hall–Kier alpha value is -3.89. The largest absolute Gasteiger partial charge is 0.465 e. The maximum absolute atomic E-state index is 13.0. The van der Waals surface area contributed by atoms with Crippen molar-refractivity contribution in [2.75, 3.05) is 5.32 Å². The Morgan fingerprint density at radius 3 is 2.49 bits per heavy atom. The number of fused-ring (bicyclic) bond motifs is 1. The summed E-state index contributed by atoms with van der Waals surface area (Å²) in [6.45, 7) is 5.29. The fourth-order valence-electron chi connectivity index (χ4n) is 4.55. The predicted octanol–water partition coefficient (Wildman–Crippen LogP) is 5.57. The minimum absolute atomic E-state index is 0.0816. The van der Waals surface area contributed by atoms with E-state index >= 15 is 0 Å². The number of nitrogens with zero attached hydrogens (tertiary/aromatic N) is 3. The molecule has 0 saturated carbocycles. The van der Waals surface area contributed by atoms with Gasteiger partial charge in [-0.1, -0.05) is 17.3 Å². The number of benzene rings is 2. The van der Waals surface area contributed by atoms with E-state index in [9.17, 15) is 27.9 Å². The van der Waals surface area contributed by atoms with Gasteiger partial charge in [-0.2, -0.15) is 18.2 Å². The lowest BCUT2D eigenvalue weighted by Crippen LogP contribution is -2.52. The van der Waals surface area contributed by atoms with Crippen LogP contribution in [0.15, 0.2) is 47.0 Å². The molecule has 196 valence electrons. The minimum atomic E-state index is -4.45. The summed E-state index contributed by atoms with van der Waals surface area (Å²) in [6.07, 6.45) is -4.50. The van der Waals surface area contributed by atoms with Gasteiger partial charge >= 0.3 is 12.3 Å². The molecule has 2 heterocycles. The van der Waals surface area contributed by atoms with Crippen molar-refractivity contribution in [1.82, 2.24) is 15.0 Å². The van der Waals surface area contributed by atoms with Crippen LogP contribution in [0.1, 0.15) is 49.8 Å². The number of hydrogen-bond donors (Lipinski definition) is 2. The fourth-order valence-corrected chi connectivity index (χ4v) is 4.55. The molecule has 1 aliphatic rings. The van der Waals surface area contributed by atoms with Gasteiger partial charge in [0.1, 0.15) is 0 Å². The first-order chi connectivity index (χ1) is 17.3. The SMILES string of the molecule is CC(C)(C)N(C(=O)O)[C@H](CCc1nc(-c2ccc3c(c2)CC(=O)N3)no1)Cc1ccc(C(F)(F)F)cc1. The highest BCUT2D eigenvalue weighted by Gasteiger charge is 2.34. The van der Waals surface area contributed by atoms with Crippen LogP contribution in [0, 0.1) is 0 Å². The van der Waals surface area contributed by atoms with Crippen molar-refractivity contribution in [3.05, 3.63) is 65.0 Å². The van der Waals surface area contributed by atoms with E-state index in [1.54, 1.807) is 32.9 Å². The Labute approximate surface area is 211 Å². The summed E-state index contributed by atoms with van der Waals surface area (Å²) in [5.41, 5.74) is 1.35. The zero-order valence-corrected chi connectivity index (χ0v) is 20.6. The molecular formula is C26H27F3N4O4. The van der Waals surface area contributed by atoms with Gasteiger partial charge < -0.3 is 19.8 Å². The van der Waals surface area contributed by atoms with Crippen LogP contribution in [0.3, 0.4) is 0 Å². The van der Waals surface area contributed by atoms with E-state index in [1.807, 2.05) is 6.07 Å². The van der Waals surface area contributed by atoms with E-state index in [1.165, 1.54) is 17.0 Å². The van der Waals surface area contributed by atoms with Gasteiger partial charge in [-0.15, -0.1) is 0 Å². The van der Waals surface area contributed by atoms with Crippen LogP contribution in [-0.4, -0.2) is 43.7 Å². The third-order valence-corrected chi connectivity index (χ3v) is 6.19. The maximum Gasteiger partial charge on any atom is 0.416 e. The standard InChI is InChI=1S/C26H27F3N4O4/c1-25(2,3)33(24(35)36)19(12-15-4-7-18(8-5-15)26(27,28)29)9-11-22-31-23(32-37-22)16-6-10-20-17(13-16)14-21(34)30-20/h4-8,10,13,19H,9,11-12,14H2,1-3H3,(H,30,34)(H,35,36)/t19-/m1/s1. The zero-order valence-electron chi connectivity index (χ0n) is 20.6. The lowest BCUT2D eigenvalue weighted by atomic mass is 9.95. The van der Waals surface area contributed by atoms with Crippen LogP contribution >= 0.6 is 0 Å². The molecule has 3 aromatic rings. The van der Waals surface area contributed by atoms with Crippen LogP contribution in [-0.2, 0) is 30.2 Å². The number of aromatic nitrogens is 2. The molecule has 2 amide bonds. The molecular weight excluding hydrogens is 489 g/mol. The number of carbonyl (C=O) groups is 2. The Balaban J connectivity index is 1.52. The minimum Gasteiger partial charge on any atom is -0.465 e. The van der Waals surface area contributed by atoms with Crippen LogP contribution in [0.25, 0.3) is 11.4 Å². The molecule has 4 rings (SSSR count). The highest BCUT2D eigenvalue weighted by atomic mass is 19.4. The monoisotopic (exact) mass is 516 g/mol. The van der Waals surface area contributed by atoms with Gasteiger partial charge in [0.25, 0.3) is 0 Å². The molecule has 1 aromatic heterocycles. The van der Waals surface area contributed by atoms with Crippen molar-refractivity contribution in [2.24, 2.45) is 0 Å². The van der Waals surface area contributed by atoms with Gasteiger partial charge in [0.15, 0.2) is 0 Å². The van der Waals surface area contributed by atoms with Crippen LogP contribution in [0.2, 0.25) is 0 Å². The van der Waals surface area contributed by atoms with Crippen LogP contribution in [0.4, 0.5) is 23.7 Å². The molecule has 11 heteroatoms. The quantitative estimate of drug-likeness (QED) is 0.425. The van der Waals surface area contributed by atoms with Gasteiger partial charge in [-0.05, 0) is 75.1 Å². The molecule has 1 aliphatic heterocycles. The van der Waals surface area contributed by atoms with Gasteiger partial charge in [0.05, 0.1) is 12.0 Å². The molecule has 2 N–H and O–H groups in total. The molecule has 0 fully saturated rings. The van der Waals surface area contributed by atoms with Gasteiger partial charge in [-0.3, -0.25) is 4.79 Å². The summed E-state index contributed by atoms with van der Waals surface area (Å²) in [4.78, 5) is 29.5. The first-order valence-corrected chi connectivity index (χ1v) is 11.8. The second kappa shape index (κ2) is 9.87. The fraction of sp³-hybridized carbons (Fsp3) is 0.385. The van der Waals surface area contributed by atoms with Crippen molar-refractivity contribution in [2.45, 2.75) is 64.2 Å². The molecule has 1 atom stereocenters. The molecule has 0 aliphatic carbocycles. The summed E-state index contributed by atoms with van der Waals surface area (Å²) in [5, 5.41) is 16.7. The Morgan fingerprint density at radius 1 is 1.16 bits per heavy atom. The molecule has 0 spiro atoms. The number of aryl methyl sites for hydroxylation is 1. The first kappa shape index (κ1) is 26.2. The number of anilines is 1. The molecule has 0 unspecified atom stereocenters. The van der Waals surface area contributed by atoms with Crippen LogP contribution in [0.5, 0.6) is 0 Å². The van der Waals surface area contributed by atoms with Gasteiger partial charge in [0, 0.05) is 29.3 Å². The number of rotatable bonds is 7. The second-order valence-electron chi connectivity index (χ2n) is 10.0. The van der Waals surface area contributed by atoms with Crippen molar-refractivity contribution >= 4 is 17.7 Å². The number of amides is 2. The number of carbonyl (C=O) groups excluding carboxylic acids is 1. The average Bonchev–Trinajstić information content (AvgIpc) is 3.41. The van der Waals surface area contributed by atoms with Crippen molar-refractivity contribution in [3.8, 4) is 11.4 Å². The van der Waals surface area contributed by atoms with E-state index in [0.717, 1.165) is 23.4 Å². The van der Waals surface area contributed by atoms with Crippen molar-refractivity contribution in [3.63, 3.8) is 0 Å². The summed E-state index contributed by atoms with van der Waals surface area (Å²) in [7, 11) is 0. The van der Waals surface area contributed by atoms with Gasteiger partial charge in [0.2, 0.25) is 17.6 Å². The first-order valence-electron chi connectivity index (χ1n) is 11.8. The highest BCUT2D eigenvalue weighted by Crippen LogP contribution is 2.31. The smallest absolute Gasteiger partial charge is 0.416 e. The summed E-state index contributed by atoms with van der Waals surface area (Å²) < 4.78 is 44.3. The van der Waals surface area contributed by atoms with E-state index in [-0.39, 0.29) is 25.2 Å². The molecule has 2 aromatic carbocycles. The molecule has 0 bridgehead atoms. The lowest BCUT2D eigenvalue weighted by molar-refractivity contribution is -0.137. The van der Waals surface area contributed by atoms with E-state index in [2.05, 4.69) is 15.5 Å². The third-order valence-electron chi connectivity index (χ3n) is 6.19. The Bertz CT molecular complexity index is 1300. The van der Waals surface area contributed by atoms with E-state index in [0.29, 0.717) is 29.3 Å². The number of carboxylic acid groups (broad SMARTS) is 1. The lowest BCUT2D eigenvalue weighted by Gasteiger charge is -2.40. The van der Waals surface area contributed by atoms with Crippen molar-refractivity contribution in [1.29, 1.82) is 0 Å². The molecule has 37 heavy (non-hydrogen) atoms. The predicted molar refractivity (Wildman–Crippen MR) is 129 cm³/mol. The number of halogens is 3. The van der Waals surface area contributed by atoms with E-state index in [4.69, 9.17) is 4.52 Å². The normalized spacial score (nSPS) is 14.3. The second-order valence-corrected chi connectivity index (χ2v) is 10.0. The number of hydrogen-bond acceptors (Lipinski definition) is 5. The topological polar surface area (TPSA) is 109 Å². The molecule has 8 nitrogen and oxygen atoms in total. The Kier molecular flexibility index (Phi) is 6.98. The van der Waals surface area contributed by atoms with Gasteiger partial charge in [-0.25, -0.2) is 4.79 Å². The average molecular weight is 517 g/mol. The zero-order chi connectivity index (χ0) is 27.0. The maximum atomic E-state index is 13.0. The third kappa shape index (κ3) is 6.10. The molecule has 0 radical (unpaired) electrons. The summed E-state index contributed by atoms with van der Waals surface area (Å²) in [5.74, 6) is 0.575. The highest BCUT2D eigenvalue weighted by molar-refractivity contribution is 5.99. The summed E-state index contributed by atoms with van der Waals surface area (Å²) >= 11 is 0. The number of nitrogens with one attached hydrogen (secondary N) is 1. The summed E-state index contributed by atoms with van der Waals surface area (Å²) in [6, 6.07) is 9.56. The molecule has 0 saturated heterocycles. The van der Waals surface area contributed by atoms with Crippen LogP contribution < -0.4 is 5.32 Å². The number of alkyl halides is 3. The van der Waals surface area contributed by atoms with E-state index < -0.39 is 29.4 Å². The van der Waals surface area contributed by atoms with Crippen molar-refractivity contribution < 1.29 is 32.4 Å².